The molecule has 0 amide bonds. The van der Waals surface area contributed by atoms with Gasteiger partial charge in [-0.3, -0.25) is 0 Å². The molecule has 4 heteroatoms. The van der Waals surface area contributed by atoms with Crippen molar-refractivity contribution in [1.82, 2.24) is 0 Å². The van der Waals surface area contributed by atoms with E-state index in [1.165, 1.54) is 86.5 Å². The molecule has 3 heterocycles. The highest BCUT2D eigenvalue weighted by atomic mass is 15.3. The topological polar surface area (TPSA) is 9.72 Å². The normalized spacial score (nSPS) is 20.4. The summed E-state index contributed by atoms with van der Waals surface area (Å²) in [5.74, 6) is 0. The molecular weight excluding hydrogens is 725 g/mol. The highest BCUT2D eigenvalue weighted by Gasteiger charge is 2.61. The Hall–Kier alpha value is -5.22. The van der Waals surface area contributed by atoms with E-state index in [2.05, 4.69) is 218 Å². The van der Waals surface area contributed by atoms with Gasteiger partial charge in [-0.05, 0) is 129 Å². The minimum absolute atomic E-state index is 0.00259. The fraction of sp³-hybridized carbons (Fsp3) is 0.357. The van der Waals surface area contributed by atoms with Gasteiger partial charge in [-0.1, -0.05) is 155 Å². The van der Waals surface area contributed by atoms with Gasteiger partial charge in [0.2, 0.25) is 0 Å². The quantitative estimate of drug-likeness (QED) is 0.165. The predicted octanol–water partition coefficient (Wildman–Crippen LogP) is 13.4. The monoisotopic (exact) mass is 788 g/mol. The van der Waals surface area contributed by atoms with Crippen LogP contribution in [-0.2, 0) is 21.7 Å². The minimum atomic E-state index is -0.0894. The highest BCUT2D eigenvalue weighted by molar-refractivity contribution is 7.00. The van der Waals surface area contributed by atoms with Crippen molar-refractivity contribution in [3.05, 3.63) is 150 Å². The van der Waals surface area contributed by atoms with Crippen molar-refractivity contribution in [1.29, 1.82) is 0 Å². The number of fused-ring (bicyclic) bond motifs is 7. The van der Waals surface area contributed by atoms with Gasteiger partial charge in [0.1, 0.15) is 0 Å². The Kier molecular flexibility index (Phi) is 8.53. The van der Waals surface area contributed by atoms with E-state index in [-0.39, 0.29) is 33.9 Å². The third-order valence-electron chi connectivity index (χ3n) is 15.0. The summed E-state index contributed by atoms with van der Waals surface area (Å²) in [7, 11) is 0. The predicted molar refractivity (Wildman–Crippen MR) is 259 cm³/mol. The number of para-hydroxylation sites is 2. The van der Waals surface area contributed by atoms with E-state index >= 15 is 0 Å². The molecule has 0 bridgehead atoms. The fourth-order valence-electron chi connectivity index (χ4n) is 11.3. The summed E-state index contributed by atoms with van der Waals surface area (Å²) in [4.78, 5) is 8.01. The smallest absolute Gasteiger partial charge is 0.252 e. The first-order chi connectivity index (χ1) is 28.4. The van der Waals surface area contributed by atoms with Gasteiger partial charge >= 0.3 is 0 Å². The maximum Gasteiger partial charge on any atom is 0.252 e. The van der Waals surface area contributed by atoms with Crippen LogP contribution in [0.1, 0.15) is 124 Å². The lowest BCUT2D eigenvalue weighted by atomic mass is 9.33. The van der Waals surface area contributed by atoms with E-state index in [0.29, 0.717) is 0 Å². The Morgan fingerprint density at radius 2 is 1.12 bits per heavy atom. The van der Waals surface area contributed by atoms with Crippen LogP contribution < -0.4 is 31.1 Å². The number of hydrogen-bond donors (Lipinski definition) is 0. The number of anilines is 8. The standard InChI is InChI=1S/C56H62BN3/c1-52(2,3)37-21-20-26-42(31-37)59-47-34-38(53(4,5)6)27-28-45(47)57-46-33-39(54(7,8)9)32-44-51(46)60(56(11)30-19-18-29-55(44,56)10)49-36-43(35-48(59)50(49)57)58(40-22-14-12-15-23-40)41-24-16-13-17-25-41/h12-17,20-28,31-36H,18-19,29-30H2,1-11H3. The van der Waals surface area contributed by atoms with E-state index in [1.54, 1.807) is 5.56 Å². The lowest BCUT2D eigenvalue weighted by Gasteiger charge is -2.53. The molecular formula is C56H62BN3. The second-order valence-corrected chi connectivity index (χ2v) is 21.9. The van der Waals surface area contributed by atoms with E-state index in [4.69, 9.17) is 0 Å². The van der Waals surface area contributed by atoms with Gasteiger partial charge in [0.05, 0.1) is 11.2 Å². The summed E-state index contributed by atoms with van der Waals surface area (Å²) in [6, 6.07) is 49.2. The molecule has 6 aromatic rings. The zero-order valence-electron chi connectivity index (χ0n) is 37.9. The molecule has 3 nitrogen and oxygen atoms in total. The van der Waals surface area contributed by atoms with Gasteiger partial charge in [0.25, 0.3) is 6.71 Å². The number of hydrogen-bond acceptors (Lipinski definition) is 3. The van der Waals surface area contributed by atoms with Gasteiger partial charge < -0.3 is 14.7 Å². The molecule has 1 saturated carbocycles. The van der Waals surface area contributed by atoms with Crippen molar-refractivity contribution < 1.29 is 0 Å². The van der Waals surface area contributed by atoms with E-state index in [1.807, 2.05) is 0 Å². The van der Waals surface area contributed by atoms with Gasteiger partial charge in [-0.25, -0.2) is 0 Å². The maximum absolute atomic E-state index is 2.88. The van der Waals surface area contributed by atoms with Crippen LogP contribution in [-0.4, -0.2) is 12.3 Å². The van der Waals surface area contributed by atoms with E-state index < -0.39 is 0 Å². The molecule has 1 fully saturated rings. The molecule has 0 saturated heterocycles. The SMILES string of the molecule is CC(C)(C)c1cccc(N2c3cc(C(C)(C)C)ccc3B3c4cc(C(C)(C)C)cc5c4N(c4cc(N(c6ccccc6)c6ccccc6)cc2c43)C2(C)CCCCC52C)c1. The third kappa shape index (κ3) is 5.69. The Morgan fingerprint density at radius 1 is 0.517 bits per heavy atom. The Labute approximate surface area is 360 Å². The van der Waals surface area contributed by atoms with Crippen molar-refractivity contribution >= 4 is 68.6 Å². The Morgan fingerprint density at radius 3 is 1.75 bits per heavy atom. The van der Waals surface area contributed by atoms with Crippen molar-refractivity contribution in [3.8, 4) is 0 Å². The average Bonchev–Trinajstić information content (AvgIpc) is 3.42. The summed E-state index contributed by atoms with van der Waals surface area (Å²) >= 11 is 0. The molecule has 4 aliphatic rings. The van der Waals surface area contributed by atoms with Gasteiger partial charge in [-0.2, -0.15) is 0 Å². The molecule has 0 N–H and O–H groups in total. The van der Waals surface area contributed by atoms with Gasteiger partial charge in [-0.15, -0.1) is 0 Å². The van der Waals surface area contributed by atoms with Crippen molar-refractivity contribution in [2.75, 3.05) is 14.7 Å². The summed E-state index contributed by atoms with van der Waals surface area (Å²) in [6.45, 7) is 26.6. The van der Waals surface area contributed by atoms with Crippen molar-refractivity contribution in [2.45, 2.75) is 129 Å². The number of benzene rings is 6. The number of nitrogens with zero attached hydrogens (tertiary/aromatic N) is 3. The Bertz CT molecular complexity index is 2620. The first kappa shape index (κ1) is 39.0. The molecule has 304 valence electrons. The molecule has 1 aliphatic carbocycles. The second-order valence-electron chi connectivity index (χ2n) is 21.9. The van der Waals surface area contributed by atoms with Gasteiger partial charge in [0, 0.05) is 45.2 Å². The molecule has 0 spiro atoms. The summed E-state index contributed by atoms with van der Waals surface area (Å²) in [5.41, 5.74) is 20.0. The summed E-state index contributed by atoms with van der Waals surface area (Å²) in [5, 5.41) is 0. The summed E-state index contributed by atoms with van der Waals surface area (Å²) < 4.78 is 0. The van der Waals surface area contributed by atoms with Crippen LogP contribution in [0.4, 0.5) is 45.5 Å². The minimum Gasteiger partial charge on any atom is -0.335 e. The van der Waals surface area contributed by atoms with Crippen LogP contribution in [0, 0.1) is 0 Å². The molecule has 3 aliphatic heterocycles. The zero-order valence-corrected chi connectivity index (χ0v) is 37.9. The van der Waals surface area contributed by atoms with Crippen LogP contribution >= 0.6 is 0 Å². The van der Waals surface area contributed by atoms with Crippen LogP contribution in [0.2, 0.25) is 0 Å². The molecule has 2 unspecified atom stereocenters. The molecule has 6 aromatic carbocycles. The first-order valence-electron chi connectivity index (χ1n) is 22.5. The largest absolute Gasteiger partial charge is 0.335 e. The number of rotatable bonds is 4. The molecule has 2 atom stereocenters. The van der Waals surface area contributed by atoms with Gasteiger partial charge in [0.15, 0.2) is 0 Å². The first-order valence-corrected chi connectivity index (χ1v) is 22.5. The Balaban J connectivity index is 1.38. The zero-order chi connectivity index (χ0) is 42.1. The van der Waals surface area contributed by atoms with Crippen LogP contribution in [0.5, 0.6) is 0 Å². The van der Waals surface area contributed by atoms with Crippen LogP contribution in [0.3, 0.4) is 0 Å². The van der Waals surface area contributed by atoms with E-state index in [9.17, 15) is 0 Å². The van der Waals surface area contributed by atoms with Crippen LogP contribution in [0.15, 0.2) is 127 Å². The lowest BCUT2D eigenvalue weighted by molar-refractivity contribution is 0.195. The summed E-state index contributed by atoms with van der Waals surface area (Å²) in [6.07, 6.45) is 4.87. The fourth-order valence-corrected chi connectivity index (χ4v) is 11.3. The second kappa shape index (κ2) is 13.1. The molecule has 0 radical (unpaired) electrons. The third-order valence-corrected chi connectivity index (χ3v) is 15.0. The van der Waals surface area contributed by atoms with Crippen molar-refractivity contribution in [2.24, 2.45) is 0 Å². The lowest BCUT2D eigenvalue weighted by Crippen LogP contribution is -2.64. The molecule has 10 rings (SSSR count). The average molecular weight is 788 g/mol. The highest BCUT2D eigenvalue weighted by Crippen LogP contribution is 2.62. The van der Waals surface area contributed by atoms with Crippen LogP contribution in [0.25, 0.3) is 0 Å². The van der Waals surface area contributed by atoms with Crippen molar-refractivity contribution in [3.63, 3.8) is 0 Å². The molecule has 60 heavy (non-hydrogen) atoms. The maximum atomic E-state index is 2.88. The van der Waals surface area contributed by atoms with E-state index in [0.717, 1.165) is 17.8 Å². The molecule has 0 aromatic heterocycles.